The van der Waals surface area contributed by atoms with Crippen molar-refractivity contribution < 1.29 is 4.74 Å². The van der Waals surface area contributed by atoms with Crippen molar-refractivity contribution in [1.82, 2.24) is 9.97 Å². The predicted molar refractivity (Wildman–Crippen MR) is 61.5 cm³/mol. The first-order valence-electron chi connectivity index (χ1n) is 5.43. The number of hydrogen-bond donors (Lipinski definition) is 1. The van der Waals surface area contributed by atoms with E-state index >= 15 is 0 Å². The minimum absolute atomic E-state index is 0.122. The van der Waals surface area contributed by atoms with Crippen LogP contribution in [0.4, 0.5) is 0 Å². The number of ether oxygens (including phenoxy) is 1. The molecule has 0 spiro atoms. The lowest BCUT2D eigenvalue weighted by molar-refractivity contribution is 0.105. The number of hydrogen-bond acceptors (Lipinski definition) is 3. The summed E-state index contributed by atoms with van der Waals surface area (Å²) >= 11 is 5.27. The zero-order valence-electron chi connectivity index (χ0n) is 9.17. The van der Waals surface area contributed by atoms with Gasteiger partial charge in [0.05, 0.1) is 0 Å². The topological polar surface area (TPSA) is 37.9 Å². The molecular formula is C11H16N2OS. The molecule has 1 aliphatic rings. The minimum Gasteiger partial charge on any atom is -0.370 e. The fraction of sp³-hybridized carbons (Fsp3) is 0.636. The maximum absolute atomic E-state index is 5.58. The Hall–Kier alpha value is -0.740. The van der Waals surface area contributed by atoms with Crippen LogP contribution >= 0.6 is 12.2 Å². The monoisotopic (exact) mass is 224 g/mol. The molecule has 1 N–H and O–H groups in total. The molecule has 1 aromatic heterocycles. The van der Waals surface area contributed by atoms with Gasteiger partial charge in [-0.1, -0.05) is 19.1 Å². The van der Waals surface area contributed by atoms with E-state index in [0.717, 1.165) is 47.6 Å². The minimum atomic E-state index is 0.122. The Labute approximate surface area is 94.9 Å². The number of rotatable bonds is 2. The van der Waals surface area contributed by atoms with Gasteiger partial charge in [0.15, 0.2) is 0 Å². The van der Waals surface area contributed by atoms with Gasteiger partial charge in [-0.05, 0) is 26.2 Å². The van der Waals surface area contributed by atoms with Crippen molar-refractivity contribution >= 4 is 12.2 Å². The third kappa shape index (κ3) is 2.11. The van der Waals surface area contributed by atoms with E-state index in [1.54, 1.807) is 0 Å². The van der Waals surface area contributed by atoms with Crippen LogP contribution in [0.3, 0.4) is 0 Å². The molecule has 15 heavy (non-hydrogen) atoms. The van der Waals surface area contributed by atoms with E-state index in [-0.39, 0.29) is 6.10 Å². The molecule has 2 heterocycles. The molecule has 82 valence electrons. The largest absolute Gasteiger partial charge is 0.370 e. The van der Waals surface area contributed by atoms with Gasteiger partial charge >= 0.3 is 0 Å². The summed E-state index contributed by atoms with van der Waals surface area (Å²) in [6.07, 6.45) is 3.21. The van der Waals surface area contributed by atoms with Gasteiger partial charge in [0.2, 0.25) is 0 Å². The molecule has 0 bridgehead atoms. The highest BCUT2D eigenvalue weighted by Gasteiger charge is 2.20. The van der Waals surface area contributed by atoms with Crippen molar-refractivity contribution in [3.8, 4) is 0 Å². The summed E-state index contributed by atoms with van der Waals surface area (Å²) in [6, 6.07) is 0. The van der Waals surface area contributed by atoms with Crippen LogP contribution in [0.25, 0.3) is 0 Å². The second-order valence-electron chi connectivity index (χ2n) is 3.89. The summed E-state index contributed by atoms with van der Waals surface area (Å²) in [5.74, 6) is 0.896. The summed E-state index contributed by atoms with van der Waals surface area (Å²) in [5, 5.41) is 0. The summed E-state index contributed by atoms with van der Waals surface area (Å²) in [6.45, 7) is 4.98. The Morgan fingerprint density at radius 1 is 1.60 bits per heavy atom. The fourth-order valence-electron chi connectivity index (χ4n) is 1.99. The van der Waals surface area contributed by atoms with E-state index in [1.165, 1.54) is 0 Å². The highest BCUT2D eigenvalue weighted by Crippen LogP contribution is 2.26. The Morgan fingerprint density at radius 2 is 2.40 bits per heavy atom. The molecule has 3 nitrogen and oxygen atoms in total. The van der Waals surface area contributed by atoms with E-state index in [0.29, 0.717) is 0 Å². The van der Waals surface area contributed by atoms with Gasteiger partial charge in [-0.25, -0.2) is 4.98 Å². The molecule has 0 radical (unpaired) electrons. The lowest BCUT2D eigenvalue weighted by Gasteiger charge is -2.11. The molecule has 0 saturated carbocycles. The molecule has 1 atom stereocenters. The van der Waals surface area contributed by atoms with Crippen LogP contribution in [0.1, 0.15) is 43.0 Å². The number of aromatic amines is 1. The van der Waals surface area contributed by atoms with Gasteiger partial charge in [-0.15, -0.1) is 0 Å². The Kier molecular flexibility index (Phi) is 3.17. The highest BCUT2D eigenvalue weighted by atomic mass is 32.1. The van der Waals surface area contributed by atoms with E-state index in [9.17, 15) is 0 Å². The van der Waals surface area contributed by atoms with E-state index < -0.39 is 0 Å². The SMILES string of the molecule is CCc1c(C)[nH]c(C2CCCO2)nc1=S. The molecule has 0 aromatic carbocycles. The van der Waals surface area contributed by atoms with Crippen LogP contribution in [0.2, 0.25) is 0 Å². The molecule has 1 fully saturated rings. The number of nitrogens with zero attached hydrogens (tertiary/aromatic N) is 1. The molecular weight excluding hydrogens is 208 g/mol. The van der Waals surface area contributed by atoms with E-state index in [2.05, 4.69) is 23.8 Å². The second kappa shape index (κ2) is 4.41. The van der Waals surface area contributed by atoms with E-state index in [4.69, 9.17) is 17.0 Å². The maximum atomic E-state index is 5.58. The molecule has 1 aromatic rings. The third-order valence-corrected chi connectivity index (χ3v) is 3.17. The number of H-pyrrole nitrogens is 1. The molecule has 1 saturated heterocycles. The van der Waals surface area contributed by atoms with Crippen molar-refractivity contribution in [2.24, 2.45) is 0 Å². The predicted octanol–water partition coefficient (Wildman–Crippen LogP) is 2.86. The van der Waals surface area contributed by atoms with Gasteiger partial charge in [-0.2, -0.15) is 0 Å². The first-order valence-corrected chi connectivity index (χ1v) is 5.84. The van der Waals surface area contributed by atoms with Crippen LogP contribution < -0.4 is 0 Å². The van der Waals surface area contributed by atoms with Gasteiger partial charge in [0.1, 0.15) is 16.6 Å². The first-order chi connectivity index (χ1) is 7.22. The van der Waals surface area contributed by atoms with Gasteiger partial charge in [0.25, 0.3) is 0 Å². The number of aromatic nitrogens is 2. The normalized spacial score (nSPS) is 20.8. The molecule has 1 unspecified atom stereocenters. The Balaban J connectivity index is 2.38. The van der Waals surface area contributed by atoms with Crippen LogP contribution in [0.15, 0.2) is 0 Å². The molecule has 1 aliphatic heterocycles. The van der Waals surface area contributed by atoms with Crippen molar-refractivity contribution in [2.45, 2.75) is 39.2 Å². The van der Waals surface area contributed by atoms with Crippen LogP contribution in [0, 0.1) is 11.6 Å². The molecule has 4 heteroatoms. The zero-order valence-corrected chi connectivity index (χ0v) is 9.99. The van der Waals surface area contributed by atoms with Crippen LogP contribution in [-0.4, -0.2) is 16.6 Å². The number of aryl methyl sites for hydroxylation is 1. The van der Waals surface area contributed by atoms with E-state index in [1.807, 2.05) is 0 Å². The third-order valence-electron chi connectivity index (χ3n) is 2.84. The summed E-state index contributed by atoms with van der Waals surface area (Å²) in [4.78, 5) is 7.73. The average molecular weight is 224 g/mol. The van der Waals surface area contributed by atoms with Crippen molar-refractivity contribution in [1.29, 1.82) is 0 Å². The van der Waals surface area contributed by atoms with Gasteiger partial charge in [0, 0.05) is 17.9 Å². The van der Waals surface area contributed by atoms with Crippen molar-refractivity contribution in [3.05, 3.63) is 21.7 Å². The van der Waals surface area contributed by atoms with Gasteiger partial charge < -0.3 is 9.72 Å². The smallest absolute Gasteiger partial charge is 0.137 e. The average Bonchev–Trinajstić information content (AvgIpc) is 2.69. The Bertz CT molecular complexity index is 408. The Morgan fingerprint density at radius 3 is 2.93 bits per heavy atom. The quantitative estimate of drug-likeness (QED) is 0.785. The highest BCUT2D eigenvalue weighted by molar-refractivity contribution is 7.71. The van der Waals surface area contributed by atoms with Gasteiger partial charge in [-0.3, -0.25) is 0 Å². The lowest BCUT2D eigenvalue weighted by atomic mass is 10.2. The maximum Gasteiger partial charge on any atom is 0.137 e. The standard InChI is InChI=1S/C11H16N2OS/c1-3-8-7(2)12-10(13-11(8)15)9-5-4-6-14-9/h9H,3-6H2,1-2H3,(H,12,13,15). The van der Waals surface area contributed by atoms with Crippen molar-refractivity contribution in [3.63, 3.8) is 0 Å². The lowest BCUT2D eigenvalue weighted by Crippen LogP contribution is -2.07. The van der Waals surface area contributed by atoms with Crippen LogP contribution in [0.5, 0.6) is 0 Å². The summed E-state index contributed by atoms with van der Waals surface area (Å²) < 4.78 is 6.30. The summed E-state index contributed by atoms with van der Waals surface area (Å²) in [7, 11) is 0. The number of nitrogens with one attached hydrogen (secondary N) is 1. The van der Waals surface area contributed by atoms with Crippen LogP contribution in [-0.2, 0) is 11.2 Å². The molecule has 2 rings (SSSR count). The zero-order chi connectivity index (χ0) is 10.8. The molecule has 0 amide bonds. The van der Waals surface area contributed by atoms with Crippen molar-refractivity contribution in [2.75, 3.05) is 6.61 Å². The summed E-state index contributed by atoms with van der Waals surface area (Å²) in [5.41, 5.74) is 2.27. The first kappa shape index (κ1) is 10.8. The second-order valence-corrected chi connectivity index (χ2v) is 4.27. The fourth-order valence-corrected chi connectivity index (χ4v) is 2.39. The molecule has 0 aliphatic carbocycles.